The molecule has 3 nitrogen and oxygen atoms in total. The topological polar surface area (TPSA) is 38.9 Å². The zero-order valence-corrected chi connectivity index (χ0v) is 4.58. The number of nitrogens with zero attached hydrogens (tertiary/aromatic N) is 2. The fourth-order valence-electron chi connectivity index (χ4n) is 0.136. The molecule has 0 spiro atoms. The second-order valence-corrected chi connectivity index (χ2v) is 0.588. The van der Waals surface area contributed by atoms with E-state index in [0.717, 1.165) is 0 Å². The Balaban J connectivity index is 0.000000250. The average Bonchev–Trinajstić information content (AvgIpc) is 1.76. The Hall–Kier alpha value is -0.380. The van der Waals surface area contributed by atoms with E-state index < -0.39 is 0 Å². The van der Waals surface area contributed by atoms with Gasteiger partial charge in [0, 0.05) is 5.27 Å². The Bertz CT molecular complexity index is 68.0. The molecule has 34 valence electrons. The number of hydrogen-bond acceptors (Lipinski definition) is 3. The van der Waals surface area contributed by atoms with Crippen molar-refractivity contribution in [2.75, 3.05) is 0 Å². The molecule has 0 amide bonds. The zero-order chi connectivity index (χ0) is 3.54. The number of hydrogen-bond donors (Lipinski definition) is 0. The highest BCUT2D eigenvalue weighted by Gasteiger charge is 1.61. The molecule has 0 aromatic carbocycles. The quantitative estimate of drug-likeness (QED) is 0.546. The van der Waals surface area contributed by atoms with Gasteiger partial charge in [0.25, 0.3) is 0 Å². The summed E-state index contributed by atoms with van der Waals surface area (Å²) < 4.78 is 4.22. The van der Waals surface area contributed by atoms with Crippen molar-refractivity contribution in [3.05, 3.63) is 12.5 Å². The summed E-state index contributed by atoms with van der Waals surface area (Å²) in [5.74, 6) is 0. The van der Waals surface area contributed by atoms with Crippen LogP contribution in [0.3, 0.4) is 0 Å². The van der Waals surface area contributed by atoms with Crippen molar-refractivity contribution in [2.45, 2.75) is 0 Å². The Morgan fingerprint density at radius 1 is 1.50 bits per heavy atom. The molecule has 4 heteroatoms. The first-order valence-corrected chi connectivity index (χ1v) is 1.21. The lowest BCUT2D eigenvalue weighted by atomic mass is 11.0. The Kier molecular flexibility index (Phi) is 2.66. The lowest BCUT2D eigenvalue weighted by Gasteiger charge is -1.45. The second kappa shape index (κ2) is 2.84. The molecule has 0 bridgehead atoms. The van der Waals surface area contributed by atoms with E-state index in [2.05, 4.69) is 14.9 Å². The van der Waals surface area contributed by atoms with Crippen molar-refractivity contribution >= 4 is 17.0 Å². The summed E-state index contributed by atoms with van der Waals surface area (Å²) in [6.45, 7) is 0. The summed E-state index contributed by atoms with van der Waals surface area (Å²) >= 11 is 0. The van der Waals surface area contributed by atoms with Crippen LogP contribution in [0.15, 0.2) is 17.0 Å². The van der Waals surface area contributed by atoms with Crippen molar-refractivity contribution in [3.63, 3.8) is 0 Å². The third kappa shape index (κ3) is 1.16. The summed E-state index contributed by atoms with van der Waals surface area (Å²) in [6.07, 6.45) is 2.88. The van der Waals surface area contributed by atoms with E-state index in [1.54, 1.807) is 0 Å². The van der Waals surface area contributed by atoms with Gasteiger partial charge in [0.1, 0.15) is 6.26 Å². The minimum Gasteiger partial charge on any atom is -0.346 e. The van der Waals surface area contributed by atoms with E-state index in [1.807, 2.05) is 0 Å². The summed E-state index contributed by atoms with van der Waals surface area (Å²) in [4.78, 5) is 0. The first-order valence-electron chi connectivity index (χ1n) is 1.21. The van der Waals surface area contributed by atoms with Crippen LogP contribution in [0.25, 0.3) is 0 Å². The van der Waals surface area contributed by atoms with Crippen LogP contribution >= 0.6 is 17.0 Å². The fourth-order valence-corrected chi connectivity index (χ4v) is 0.136. The average molecular weight is 151 g/mol. The van der Waals surface area contributed by atoms with Crippen LogP contribution in [0.2, 0.25) is 0 Å². The minimum atomic E-state index is 0. The van der Waals surface area contributed by atoms with Crippen LogP contribution in [0, 0.1) is 0 Å². The summed E-state index contributed by atoms with van der Waals surface area (Å²) in [7, 11) is 0. The number of aromatic nitrogens is 2. The smallest absolute Gasteiger partial charge is 0.144 e. The van der Waals surface area contributed by atoms with Gasteiger partial charge in [0.05, 0.1) is 6.20 Å². The van der Waals surface area contributed by atoms with Crippen LogP contribution < -0.4 is 0 Å². The highest BCUT2D eigenvalue weighted by molar-refractivity contribution is 8.93. The standard InChI is InChI=1S/C2H2N2O.BrH/c1-2-5-4-3-1;/h1-2H;1H. The highest BCUT2D eigenvalue weighted by Crippen LogP contribution is 1.64. The molecule has 0 aliphatic heterocycles. The molecular formula is C2H3BrN2O. The molecule has 0 saturated heterocycles. The molecule has 0 aliphatic rings. The molecule has 1 rings (SSSR count). The van der Waals surface area contributed by atoms with E-state index >= 15 is 0 Å². The molecule has 0 radical (unpaired) electrons. The SMILES string of the molecule is Br.c1conn1. The lowest BCUT2D eigenvalue weighted by molar-refractivity contribution is 0.393. The summed E-state index contributed by atoms with van der Waals surface area (Å²) in [5, 5.41) is 6.40. The van der Waals surface area contributed by atoms with Crippen molar-refractivity contribution in [1.82, 2.24) is 10.4 Å². The van der Waals surface area contributed by atoms with E-state index in [0.29, 0.717) is 0 Å². The van der Waals surface area contributed by atoms with Gasteiger partial charge in [0.2, 0.25) is 0 Å². The monoisotopic (exact) mass is 150 g/mol. The summed E-state index contributed by atoms with van der Waals surface area (Å²) in [5.41, 5.74) is 0. The predicted molar refractivity (Wildman–Crippen MR) is 24.6 cm³/mol. The summed E-state index contributed by atoms with van der Waals surface area (Å²) in [6, 6.07) is 0. The second-order valence-electron chi connectivity index (χ2n) is 0.588. The molecule has 0 atom stereocenters. The van der Waals surface area contributed by atoms with Crippen molar-refractivity contribution < 1.29 is 4.52 Å². The maximum Gasteiger partial charge on any atom is 0.144 e. The van der Waals surface area contributed by atoms with Gasteiger partial charge < -0.3 is 4.52 Å². The molecule has 6 heavy (non-hydrogen) atoms. The van der Waals surface area contributed by atoms with Gasteiger partial charge in [-0.1, -0.05) is 0 Å². The van der Waals surface area contributed by atoms with Crippen molar-refractivity contribution in [2.24, 2.45) is 0 Å². The van der Waals surface area contributed by atoms with Gasteiger partial charge in [0.15, 0.2) is 0 Å². The minimum absolute atomic E-state index is 0. The normalized spacial score (nSPS) is 6.67. The Morgan fingerprint density at radius 2 is 2.33 bits per heavy atom. The number of rotatable bonds is 0. The van der Waals surface area contributed by atoms with E-state index in [-0.39, 0.29) is 17.0 Å². The molecule has 1 heterocycles. The van der Waals surface area contributed by atoms with Gasteiger partial charge >= 0.3 is 0 Å². The zero-order valence-electron chi connectivity index (χ0n) is 2.87. The maximum absolute atomic E-state index is 4.22. The van der Waals surface area contributed by atoms with Gasteiger partial charge in [-0.15, -0.1) is 22.1 Å². The lowest BCUT2D eigenvalue weighted by Crippen LogP contribution is -1.53. The van der Waals surface area contributed by atoms with Gasteiger partial charge in [-0.2, -0.15) is 0 Å². The van der Waals surface area contributed by atoms with Crippen molar-refractivity contribution in [3.8, 4) is 0 Å². The highest BCUT2D eigenvalue weighted by atomic mass is 79.9. The molecule has 1 aromatic rings. The third-order valence-electron chi connectivity index (χ3n) is 0.283. The first-order chi connectivity index (χ1) is 2.50. The molecule has 0 fully saturated rings. The molecular weight excluding hydrogens is 148 g/mol. The molecule has 0 unspecified atom stereocenters. The van der Waals surface area contributed by atoms with Crippen LogP contribution in [-0.2, 0) is 0 Å². The van der Waals surface area contributed by atoms with Crippen LogP contribution in [0.4, 0.5) is 0 Å². The number of halogens is 1. The Morgan fingerprint density at radius 3 is 2.50 bits per heavy atom. The van der Waals surface area contributed by atoms with Gasteiger partial charge in [-0.05, 0) is 0 Å². The van der Waals surface area contributed by atoms with Crippen LogP contribution in [0.5, 0.6) is 0 Å². The van der Waals surface area contributed by atoms with Gasteiger partial charge in [-0.3, -0.25) is 0 Å². The Labute approximate surface area is 45.1 Å². The van der Waals surface area contributed by atoms with Crippen molar-refractivity contribution in [1.29, 1.82) is 0 Å². The molecule has 0 aliphatic carbocycles. The van der Waals surface area contributed by atoms with Gasteiger partial charge in [-0.25, -0.2) is 0 Å². The molecule has 0 saturated carbocycles. The van der Waals surface area contributed by atoms with Crippen LogP contribution in [-0.4, -0.2) is 10.4 Å². The first kappa shape index (κ1) is 5.62. The predicted octanol–water partition coefficient (Wildman–Crippen LogP) is 0.647. The van der Waals surface area contributed by atoms with E-state index in [4.69, 9.17) is 0 Å². The largest absolute Gasteiger partial charge is 0.346 e. The molecule has 0 N–H and O–H groups in total. The maximum atomic E-state index is 4.22. The van der Waals surface area contributed by atoms with Crippen LogP contribution in [0.1, 0.15) is 0 Å². The van der Waals surface area contributed by atoms with E-state index in [1.165, 1.54) is 12.5 Å². The molecule has 1 aromatic heterocycles. The third-order valence-corrected chi connectivity index (χ3v) is 0.283. The fraction of sp³-hybridized carbons (Fsp3) is 0. The van der Waals surface area contributed by atoms with E-state index in [9.17, 15) is 0 Å².